The summed E-state index contributed by atoms with van der Waals surface area (Å²) < 4.78 is 0. The van der Waals surface area contributed by atoms with Crippen LogP contribution in [0.25, 0.3) is 0 Å². The Morgan fingerprint density at radius 2 is 1.80 bits per heavy atom. The van der Waals surface area contributed by atoms with Crippen LogP contribution in [0.4, 0.5) is 0 Å². The summed E-state index contributed by atoms with van der Waals surface area (Å²) >= 11 is 0. The molecule has 4 nitrogen and oxygen atoms in total. The lowest BCUT2D eigenvalue weighted by Gasteiger charge is -2.38. The Hall–Kier alpha value is -1.06. The molecular formula is C11H17NO3. The van der Waals surface area contributed by atoms with Crippen molar-refractivity contribution in [2.75, 3.05) is 13.1 Å². The number of carbonyl (C=O) groups excluding carboxylic acids is 1. The van der Waals surface area contributed by atoms with E-state index >= 15 is 0 Å². The average molecular weight is 211 g/mol. The molecule has 1 heterocycles. The lowest BCUT2D eigenvalue weighted by molar-refractivity contribution is -0.155. The number of aliphatic carboxylic acids is 1. The van der Waals surface area contributed by atoms with Crippen molar-refractivity contribution in [1.29, 1.82) is 0 Å². The highest BCUT2D eigenvalue weighted by molar-refractivity contribution is 5.77. The van der Waals surface area contributed by atoms with Crippen molar-refractivity contribution in [1.82, 2.24) is 4.90 Å². The van der Waals surface area contributed by atoms with E-state index in [1.165, 1.54) is 0 Å². The molecule has 1 saturated carbocycles. The number of hydrogen-bond acceptors (Lipinski definition) is 2. The zero-order valence-corrected chi connectivity index (χ0v) is 9.03. The van der Waals surface area contributed by atoms with Crippen LogP contribution >= 0.6 is 0 Å². The number of nitrogens with zero attached hydrogens (tertiary/aromatic N) is 1. The fourth-order valence-electron chi connectivity index (χ4n) is 2.65. The highest BCUT2D eigenvalue weighted by Gasteiger charge is 2.52. The topological polar surface area (TPSA) is 57.6 Å². The zero-order chi connectivity index (χ0) is 11.1. The number of carbonyl (C=O) groups is 2. The summed E-state index contributed by atoms with van der Waals surface area (Å²) in [6, 6.07) is 0. The smallest absolute Gasteiger partial charge is 0.310 e. The molecule has 0 aromatic heterocycles. The Morgan fingerprint density at radius 1 is 1.27 bits per heavy atom. The van der Waals surface area contributed by atoms with Crippen molar-refractivity contribution in [3.8, 4) is 0 Å². The van der Waals surface area contributed by atoms with Gasteiger partial charge in [-0.15, -0.1) is 0 Å². The van der Waals surface area contributed by atoms with Crippen LogP contribution in [0.3, 0.4) is 0 Å². The van der Waals surface area contributed by atoms with Gasteiger partial charge in [0.25, 0.3) is 0 Å². The maximum Gasteiger partial charge on any atom is 0.310 e. The first kappa shape index (κ1) is 10.5. The second-order valence-electron chi connectivity index (χ2n) is 4.74. The highest BCUT2D eigenvalue weighted by Crippen LogP contribution is 2.51. The Kier molecular flexibility index (Phi) is 2.44. The Morgan fingerprint density at radius 3 is 2.13 bits per heavy atom. The molecule has 1 aliphatic carbocycles. The summed E-state index contributed by atoms with van der Waals surface area (Å²) in [4.78, 5) is 24.2. The SMILES string of the molecule is CC(=O)N1CCC(C(=O)O)(C2CC2)CC1. The maximum absolute atomic E-state index is 11.3. The van der Waals surface area contributed by atoms with E-state index in [0.29, 0.717) is 31.8 Å². The van der Waals surface area contributed by atoms with Crippen LogP contribution in [0.5, 0.6) is 0 Å². The van der Waals surface area contributed by atoms with E-state index in [1.54, 1.807) is 11.8 Å². The Labute approximate surface area is 89.3 Å². The normalized spacial score (nSPS) is 25.0. The number of carboxylic acid groups (broad SMARTS) is 1. The van der Waals surface area contributed by atoms with Gasteiger partial charge in [-0.2, -0.15) is 0 Å². The molecule has 2 fully saturated rings. The van der Waals surface area contributed by atoms with Crippen molar-refractivity contribution in [3.05, 3.63) is 0 Å². The van der Waals surface area contributed by atoms with Gasteiger partial charge in [0.2, 0.25) is 5.91 Å². The number of hydrogen-bond donors (Lipinski definition) is 1. The number of carboxylic acids is 1. The van der Waals surface area contributed by atoms with Crippen LogP contribution in [0.15, 0.2) is 0 Å². The van der Waals surface area contributed by atoms with Gasteiger partial charge in [-0.1, -0.05) is 0 Å². The Bertz CT molecular complexity index is 288. The standard InChI is InChI=1S/C11H17NO3/c1-8(13)12-6-4-11(5-7-12,10(14)15)9-2-3-9/h9H,2-7H2,1H3,(H,14,15). The minimum absolute atomic E-state index is 0.0600. The van der Waals surface area contributed by atoms with Crippen molar-refractivity contribution < 1.29 is 14.7 Å². The first-order valence-corrected chi connectivity index (χ1v) is 5.55. The van der Waals surface area contributed by atoms with Crippen molar-refractivity contribution in [2.24, 2.45) is 11.3 Å². The molecule has 2 rings (SSSR count). The van der Waals surface area contributed by atoms with Crippen molar-refractivity contribution in [2.45, 2.75) is 32.6 Å². The van der Waals surface area contributed by atoms with Gasteiger partial charge in [0.15, 0.2) is 0 Å². The van der Waals surface area contributed by atoms with E-state index in [2.05, 4.69) is 0 Å². The van der Waals surface area contributed by atoms with Gasteiger partial charge in [-0.25, -0.2) is 0 Å². The molecule has 1 N–H and O–H groups in total. The van der Waals surface area contributed by atoms with Gasteiger partial charge >= 0.3 is 5.97 Å². The summed E-state index contributed by atoms with van der Waals surface area (Å²) in [6.45, 7) is 2.77. The predicted octanol–water partition coefficient (Wildman–Crippen LogP) is 1.11. The molecule has 0 aromatic rings. The third-order valence-corrected chi connectivity index (χ3v) is 3.89. The molecule has 0 atom stereocenters. The molecule has 0 unspecified atom stereocenters. The van der Waals surface area contributed by atoms with Crippen molar-refractivity contribution >= 4 is 11.9 Å². The van der Waals surface area contributed by atoms with Crippen LogP contribution in [-0.4, -0.2) is 35.0 Å². The van der Waals surface area contributed by atoms with E-state index in [9.17, 15) is 14.7 Å². The predicted molar refractivity (Wildman–Crippen MR) is 54.3 cm³/mol. The lowest BCUT2D eigenvalue weighted by Crippen LogP contribution is -2.47. The fourth-order valence-corrected chi connectivity index (χ4v) is 2.65. The molecule has 0 spiro atoms. The van der Waals surface area contributed by atoms with E-state index in [4.69, 9.17) is 0 Å². The summed E-state index contributed by atoms with van der Waals surface area (Å²) in [5.74, 6) is -0.234. The molecule has 2 aliphatic rings. The zero-order valence-electron chi connectivity index (χ0n) is 9.03. The summed E-state index contributed by atoms with van der Waals surface area (Å²) in [5, 5.41) is 9.32. The number of piperidine rings is 1. The molecule has 1 amide bonds. The monoisotopic (exact) mass is 211 g/mol. The van der Waals surface area contributed by atoms with E-state index in [-0.39, 0.29) is 5.91 Å². The minimum Gasteiger partial charge on any atom is -0.481 e. The quantitative estimate of drug-likeness (QED) is 0.744. The number of rotatable bonds is 2. The van der Waals surface area contributed by atoms with Gasteiger partial charge in [-0.05, 0) is 31.6 Å². The summed E-state index contributed by atoms with van der Waals surface area (Å²) in [5.41, 5.74) is -0.522. The van der Waals surface area contributed by atoms with Crippen LogP contribution in [0.2, 0.25) is 0 Å². The van der Waals surface area contributed by atoms with Crippen molar-refractivity contribution in [3.63, 3.8) is 0 Å². The van der Waals surface area contributed by atoms with Gasteiger partial charge in [-0.3, -0.25) is 9.59 Å². The van der Waals surface area contributed by atoms with Gasteiger partial charge in [0.1, 0.15) is 0 Å². The average Bonchev–Trinajstić information content (AvgIpc) is 3.00. The van der Waals surface area contributed by atoms with Crippen LogP contribution in [-0.2, 0) is 9.59 Å². The van der Waals surface area contributed by atoms with Crippen LogP contribution < -0.4 is 0 Å². The molecular weight excluding hydrogens is 194 g/mol. The number of likely N-dealkylation sites (tertiary alicyclic amines) is 1. The minimum atomic E-state index is -0.659. The van der Waals surface area contributed by atoms with E-state index in [0.717, 1.165) is 12.8 Å². The van der Waals surface area contributed by atoms with Crippen LogP contribution in [0, 0.1) is 11.3 Å². The van der Waals surface area contributed by atoms with Gasteiger partial charge in [0.05, 0.1) is 5.41 Å². The third kappa shape index (κ3) is 1.73. The largest absolute Gasteiger partial charge is 0.481 e. The third-order valence-electron chi connectivity index (χ3n) is 3.89. The van der Waals surface area contributed by atoms with Gasteiger partial charge in [0, 0.05) is 20.0 Å². The molecule has 1 aliphatic heterocycles. The first-order chi connectivity index (χ1) is 7.06. The fraction of sp³-hybridized carbons (Fsp3) is 0.818. The lowest BCUT2D eigenvalue weighted by atomic mass is 9.74. The number of amides is 1. The van der Waals surface area contributed by atoms with E-state index < -0.39 is 11.4 Å². The second kappa shape index (κ2) is 3.51. The Balaban J connectivity index is 2.05. The molecule has 1 saturated heterocycles. The maximum atomic E-state index is 11.3. The first-order valence-electron chi connectivity index (χ1n) is 5.55. The highest BCUT2D eigenvalue weighted by atomic mass is 16.4. The molecule has 15 heavy (non-hydrogen) atoms. The molecule has 0 aromatic carbocycles. The molecule has 4 heteroatoms. The summed E-state index contributed by atoms with van der Waals surface area (Å²) in [7, 11) is 0. The molecule has 0 radical (unpaired) electrons. The molecule has 0 bridgehead atoms. The summed E-state index contributed by atoms with van der Waals surface area (Å²) in [6.07, 6.45) is 3.36. The molecule has 84 valence electrons. The second-order valence-corrected chi connectivity index (χ2v) is 4.74. The van der Waals surface area contributed by atoms with Gasteiger partial charge < -0.3 is 10.0 Å². The van der Waals surface area contributed by atoms with E-state index in [1.807, 2.05) is 0 Å². The van der Waals surface area contributed by atoms with Crippen LogP contribution in [0.1, 0.15) is 32.6 Å².